The Hall–Kier alpha value is -4.05. The summed E-state index contributed by atoms with van der Waals surface area (Å²) in [5.74, 6) is -1.47. The number of nitrogens with zero attached hydrogens (tertiary/aromatic N) is 5. The molecule has 1 aliphatic rings. The summed E-state index contributed by atoms with van der Waals surface area (Å²) in [6.45, 7) is 42.4. The van der Waals surface area contributed by atoms with Gasteiger partial charge in [-0.25, -0.2) is 4.79 Å². The SMILES string of the molecule is CCC[CH2][Sn]([CH2]CCC)([CH2]CCC)[c]1ccc(CN(CCCC[C@H](NC(=O)N[C@H](C)CCC(=O)OC(C)(C)C)C(C)(C)C)C(=O)CCCCNC(=O)CN2CCN(CC(=O)OC(C)(C)C)CCN(CC(=O)OC(C)(C)C)CCN(CC(=O)OC(C)(C)C)CC2)cc1. The van der Waals surface area contributed by atoms with Gasteiger partial charge in [0.2, 0.25) is 5.91 Å². The van der Waals surface area contributed by atoms with E-state index in [1.165, 1.54) is 51.8 Å². The molecule has 524 valence electrons. The van der Waals surface area contributed by atoms with Crippen LogP contribution in [-0.4, -0.2) is 211 Å². The quantitative estimate of drug-likeness (QED) is 0.0250. The zero-order valence-electron chi connectivity index (χ0n) is 60.8. The molecule has 1 heterocycles. The first-order valence-corrected chi connectivity index (χ1v) is 42.3. The van der Waals surface area contributed by atoms with Gasteiger partial charge in [0.15, 0.2) is 0 Å². The number of ether oxygens (including phenoxy) is 4. The third kappa shape index (κ3) is 38.8. The second kappa shape index (κ2) is 41.0. The summed E-state index contributed by atoms with van der Waals surface area (Å²) in [5.41, 5.74) is -1.69. The molecule has 1 fully saturated rings. The Labute approximate surface area is 556 Å². The molecule has 1 saturated heterocycles. The monoisotopic (exact) mass is 1390 g/mol. The van der Waals surface area contributed by atoms with Gasteiger partial charge in [-0.15, -0.1) is 0 Å². The molecule has 0 spiro atoms. The van der Waals surface area contributed by atoms with E-state index in [1.807, 2.05) is 115 Å². The number of carbonyl (C=O) groups excluding carboxylic acids is 7. The van der Waals surface area contributed by atoms with E-state index in [4.69, 9.17) is 18.9 Å². The third-order valence-electron chi connectivity index (χ3n) is 16.2. The van der Waals surface area contributed by atoms with Gasteiger partial charge in [-0.3, -0.25) is 43.6 Å². The van der Waals surface area contributed by atoms with E-state index in [1.54, 1.807) is 3.58 Å². The number of esters is 4. The van der Waals surface area contributed by atoms with E-state index in [-0.39, 0.29) is 91.8 Å². The van der Waals surface area contributed by atoms with Crippen molar-refractivity contribution in [3.63, 3.8) is 0 Å². The fraction of sp³-hybridized carbons (Fsp3) is 0.817. The Bertz CT molecular complexity index is 2250. The summed E-state index contributed by atoms with van der Waals surface area (Å²) in [5, 5.41) is 9.36. The number of unbranched alkanes of at least 4 members (excludes halogenated alkanes) is 5. The number of amides is 4. The predicted molar refractivity (Wildman–Crippen MR) is 370 cm³/mol. The van der Waals surface area contributed by atoms with Crippen molar-refractivity contribution in [2.75, 3.05) is 91.6 Å². The second-order valence-corrected chi connectivity index (χ2v) is 44.1. The Morgan fingerprint density at radius 2 is 0.901 bits per heavy atom. The van der Waals surface area contributed by atoms with E-state index in [9.17, 15) is 33.6 Å². The van der Waals surface area contributed by atoms with E-state index < -0.39 is 40.8 Å². The van der Waals surface area contributed by atoms with Gasteiger partial charge in [0.25, 0.3) is 0 Å². The molecule has 20 heteroatoms. The molecule has 2 atom stereocenters. The molecule has 1 aliphatic heterocycles. The molecule has 1 aromatic carbocycles. The van der Waals surface area contributed by atoms with Crippen LogP contribution in [0.15, 0.2) is 24.3 Å². The first-order valence-electron chi connectivity index (χ1n) is 34.8. The Kier molecular flexibility index (Phi) is 37.4. The average Bonchev–Trinajstić information content (AvgIpc) is 0.918. The normalized spacial score (nSPS) is 15.7. The number of rotatable bonds is 35. The summed E-state index contributed by atoms with van der Waals surface area (Å²) in [6.07, 6.45) is 12.0. The minimum atomic E-state index is -2.68. The molecule has 0 saturated carbocycles. The van der Waals surface area contributed by atoms with E-state index in [0.29, 0.717) is 97.7 Å². The number of hydrogen-bond acceptors (Lipinski definition) is 15. The maximum atomic E-state index is 14.4. The zero-order chi connectivity index (χ0) is 68.6. The van der Waals surface area contributed by atoms with Gasteiger partial charge in [-0.2, -0.15) is 0 Å². The molecular weight excluding hydrogens is 1260 g/mol. The van der Waals surface area contributed by atoms with Gasteiger partial charge < -0.3 is 24.3 Å². The van der Waals surface area contributed by atoms with Gasteiger partial charge >= 0.3 is 250 Å². The van der Waals surface area contributed by atoms with Crippen LogP contribution in [0, 0.1) is 5.41 Å². The molecule has 0 unspecified atom stereocenters. The van der Waals surface area contributed by atoms with Crippen molar-refractivity contribution in [2.24, 2.45) is 5.41 Å². The zero-order valence-corrected chi connectivity index (χ0v) is 63.7. The van der Waals surface area contributed by atoms with Crippen molar-refractivity contribution in [3.05, 3.63) is 29.8 Å². The van der Waals surface area contributed by atoms with Gasteiger partial charge in [0.1, 0.15) is 22.4 Å². The number of urea groups is 1. The Balaban J connectivity index is 2.31. The summed E-state index contributed by atoms with van der Waals surface area (Å²) >= 11 is -2.68. The maximum absolute atomic E-state index is 14.4. The summed E-state index contributed by atoms with van der Waals surface area (Å²) < 4.78 is 28.4. The summed E-state index contributed by atoms with van der Waals surface area (Å²) in [7, 11) is 0. The van der Waals surface area contributed by atoms with Crippen molar-refractivity contribution in [3.8, 4) is 0 Å². The average molecular weight is 1390 g/mol. The minimum absolute atomic E-state index is 0.0292. The van der Waals surface area contributed by atoms with Crippen LogP contribution in [-0.2, 0) is 54.3 Å². The van der Waals surface area contributed by atoms with Crippen LogP contribution >= 0.6 is 0 Å². The van der Waals surface area contributed by atoms with Crippen molar-refractivity contribution in [1.82, 2.24) is 40.4 Å². The molecule has 2 rings (SSSR count). The summed E-state index contributed by atoms with van der Waals surface area (Å²) in [6, 6.07) is 8.77. The standard InChI is InChI=1S/C59H103N8O11.3C4H9.Sn/c1-45(28-29-50(70)75-56(5,6)7)61-54(74)62-47(55(2,3)4)26-21-23-31-67(40-46-24-18-17-19-25-46)49(69)27-20-22-30-60-48(68)41-63-32-34-64(42-51(71)76-57(8,9)10)36-38-66(44-53(73)78-59(14,15)16)39-37-65(35-33-63)43-52(72)77-58(11,12)13;3*1-3-4-2;/h18-19,24-25,45,47H,20-23,26-44H2,1-16H3,(H,60,68)(H2,61,62,74);3*1,3-4H2,2H3;/t45-,47+;;;;/m1..../s1. The molecule has 1 aromatic rings. The topological polar surface area (TPSA) is 209 Å². The van der Waals surface area contributed by atoms with Gasteiger partial charge in [0.05, 0.1) is 26.2 Å². The molecular formula is C71H130N8O11Sn. The molecule has 0 radical (unpaired) electrons. The van der Waals surface area contributed by atoms with Crippen molar-refractivity contribution < 1.29 is 52.5 Å². The predicted octanol–water partition coefficient (Wildman–Crippen LogP) is 11.0. The van der Waals surface area contributed by atoms with E-state index >= 15 is 0 Å². The van der Waals surface area contributed by atoms with Crippen molar-refractivity contribution >= 4 is 63.7 Å². The van der Waals surface area contributed by atoms with Crippen LogP contribution in [0.25, 0.3) is 0 Å². The molecule has 91 heavy (non-hydrogen) atoms. The van der Waals surface area contributed by atoms with Gasteiger partial charge in [-0.05, 0) is 96.4 Å². The molecule has 0 bridgehead atoms. The Morgan fingerprint density at radius 3 is 1.30 bits per heavy atom. The number of carbonyl (C=O) groups is 7. The van der Waals surface area contributed by atoms with Crippen LogP contribution < -0.4 is 19.5 Å². The fourth-order valence-corrected chi connectivity index (χ4v) is 27.3. The van der Waals surface area contributed by atoms with E-state index in [0.717, 1.165) is 24.8 Å². The number of benzene rings is 1. The van der Waals surface area contributed by atoms with Crippen LogP contribution in [0.1, 0.15) is 227 Å². The first kappa shape index (κ1) is 83.0. The fourth-order valence-electron chi connectivity index (χ4n) is 11.4. The van der Waals surface area contributed by atoms with Gasteiger partial charge in [0, 0.05) is 64.8 Å². The molecule has 19 nitrogen and oxygen atoms in total. The molecule has 3 N–H and O–H groups in total. The van der Waals surface area contributed by atoms with Crippen molar-refractivity contribution in [2.45, 2.75) is 276 Å². The van der Waals surface area contributed by atoms with Gasteiger partial charge in [-0.1, -0.05) is 20.8 Å². The first-order chi connectivity index (χ1) is 42.3. The van der Waals surface area contributed by atoms with Crippen LogP contribution in [0.2, 0.25) is 13.3 Å². The number of nitrogens with one attached hydrogen (secondary N) is 3. The van der Waals surface area contributed by atoms with E-state index in [2.05, 4.69) is 81.8 Å². The third-order valence-corrected chi connectivity index (χ3v) is 31.8. The van der Waals surface area contributed by atoms with Crippen LogP contribution in [0.5, 0.6) is 0 Å². The van der Waals surface area contributed by atoms with Crippen LogP contribution in [0.4, 0.5) is 4.79 Å². The second-order valence-electron chi connectivity index (χ2n) is 30.8. The molecule has 0 aliphatic carbocycles. The molecule has 0 aromatic heterocycles. The van der Waals surface area contributed by atoms with Crippen LogP contribution in [0.3, 0.4) is 0 Å². The van der Waals surface area contributed by atoms with Crippen molar-refractivity contribution in [1.29, 1.82) is 0 Å². The number of hydrogen-bond donors (Lipinski definition) is 3. The Morgan fingerprint density at radius 1 is 0.495 bits per heavy atom. The summed E-state index contributed by atoms with van der Waals surface area (Å²) in [4.78, 5) is 104. The molecule has 4 amide bonds.